The molecule has 7 heteroatoms. The summed E-state index contributed by atoms with van der Waals surface area (Å²) in [7, 11) is 1.83. The predicted octanol–water partition coefficient (Wildman–Crippen LogP) is 11.5. The summed E-state index contributed by atoms with van der Waals surface area (Å²) in [4.78, 5) is 20.7. The standard InChI is InChI=1S/C52H40N6O/c1-53-50(35-20-10-4-11-21-35)57-52(54-32-33-16-6-2-7-17-33)58-47-38(28-39-31-44(34-18-8-3-9-19-34)56-51(55-39)36-22-12-5-13-23-36)30-43-40-24-14-15-25-45(40)59-49(43)46(47)41-27-26-37-29-42(37)48(41)58/h2-27,30-31,37,42H,28-29,32H2,1H3,(H,53,54,57)/t37-,42?/m1/s1. The third-order valence-electron chi connectivity index (χ3n) is 11.7. The minimum Gasteiger partial charge on any atom is -0.455 e. The van der Waals surface area contributed by atoms with E-state index >= 15 is 0 Å². The van der Waals surface area contributed by atoms with Gasteiger partial charge in [-0.1, -0.05) is 152 Å². The summed E-state index contributed by atoms with van der Waals surface area (Å²) in [5, 5.41) is 7.06. The molecule has 284 valence electrons. The number of benzene rings is 6. The van der Waals surface area contributed by atoms with Gasteiger partial charge in [-0.2, -0.15) is 0 Å². The fourth-order valence-electron chi connectivity index (χ4n) is 8.76. The SMILES string of the molecule is CN=C(NC(=NCc1ccccc1)n1c2c(c3c4oc5ccccc5c4cc(Cc4cc(-c5ccccc5)nc(-c5ccccc5)n4)c31)C=C[C@@H]1CC21)c1ccccc1. The van der Waals surface area contributed by atoms with Gasteiger partial charge in [0.05, 0.1) is 23.1 Å². The fourth-order valence-corrected chi connectivity index (χ4v) is 8.76. The Labute approximate surface area is 342 Å². The minimum atomic E-state index is 0.352. The van der Waals surface area contributed by atoms with Gasteiger partial charge in [0.2, 0.25) is 5.96 Å². The van der Waals surface area contributed by atoms with Crippen LogP contribution < -0.4 is 5.32 Å². The molecule has 0 radical (unpaired) electrons. The first-order valence-electron chi connectivity index (χ1n) is 20.3. The van der Waals surface area contributed by atoms with Crippen LogP contribution in [0.3, 0.4) is 0 Å². The lowest BCUT2D eigenvalue weighted by Gasteiger charge is -2.20. The van der Waals surface area contributed by atoms with Crippen molar-refractivity contribution in [2.75, 3.05) is 7.05 Å². The molecule has 0 saturated heterocycles. The van der Waals surface area contributed by atoms with Gasteiger partial charge in [-0.25, -0.2) is 15.0 Å². The fraction of sp³-hybridized carbons (Fsp3) is 0.115. The highest BCUT2D eigenvalue weighted by Gasteiger charge is 2.44. The number of para-hydroxylation sites is 1. The third-order valence-corrected chi connectivity index (χ3v) is 11.7. The van der Waals surface area contributed by atoms with E-state index in [-0.39, 0.29) is 0 Å². The zero-order valence-electron chi connectivity index (χ0n) is 32.6. The Morgan fingerprint density at radius 1 is 0.763 bits per heavy atom. The molecule has 3 heterocycles. The first kappa shape index (κ1) is 34.8. The largest absolute Gasteiger partial charge is 0.455 e. The quantitative estimate of drug-likeness (QED) is 0.129. The maximum absolute atomic E-state index is 6.88. The van der Waals surface area contributed by atoms with Gasteiger partial charge in [-0.05, 0) is 41.7 Å². The first-order valence-corrected chi connectivity index (χ1v) is 20.3. The number of nitrogens with zero attached hydrogens (tertiary/aromatic N) is 5. The Balaban J connectivity index is 1.19. The van der Waals surface area contributed by atoms with E-state index < -0.39 is 0 Å². The van der Waals surface area contributed by atoms with Crippen LogP contribution in [0.15, 0.2) is 178 Å². The summed E-state index contributed by atoms with van der Waals surface area (Å²) in [5.74, 6) is 3.00. The molecule has 1 fully saturated rings. The molecule has 0 amide bonds. The topological polar surface area (TPSA) is 80.6 Å². The summed E-state index contributed by atoms with van der Waals surface area (Å²) in [6.45, 7) is 0.488. The van der Waals surface area contributed by atoms with Crippen molar-refractivity contribution in [1.29, 1.82) is 0 Å². The molecule has 1 unspecified atom stereocenters. The highest BCUT2D eigenvalue weighted by Crippen LogP contribution is 2.56. The molecule has 1 saturated carbocycles. The van der Waals surface area contributed by atoms with Crippen molar-refractivity contribution in [3.8, 4) is 22.6 Å². The molecule has 11 rings (SSSR count). The lowest BCUT2D eigenvalue weighted by molar-refractivity contribution is 0.672. The van der Waals surface area contributed by atoms with Crippen LogP contribution in [0, 0.1) is 5.92 Å². The molecule has 6 aromatic carbocycles. The van der Waals surface area contributed by atoms with Gasteiger partial charge in [0, 0.05) is 63.8 Å². The van der Waals surface area contributed by atoms with Crippen molar-refractivity contribution in [3.63, 3.8) is 0 Å². The molecule has 2 atom stereocenters. The van der Waals surface area contributed by atoms with Crippen LogP contribution in [-0.2, 0) is 13.0 Å². The Morgan fingerprint density at radius 3 is 2.22 bits per heavy atom. The van der Waals surface area contributed by atoms with Crippen LogP contribution >= 0.6 is 0 Å². The van der Waals surface area contributed by atoms with Gasteiger partial charge in [0.15, 0.2) is 5.82 Å². The Bertz CT molecular complexity index is 3050. The summed E-state index contributed by atoms with van der Waals surface area (Å²) >= 11 is 0. The van der Waals surface area contributed by atoms with Crippen molar-refractivity contribution in [2.45, 2.75) is 25.3 Å². The van der Waals surface area contributed by atoms with Crippen molar-refractivity contribution < 1.29 is 4.42 Å². The normalized spacial score (nSPS) is 16.1. The Kier molecular flexibility index (Phi) is 8.58. The van der Waals surface area contributed by atoms with Crippen molar-refractivity contribution in [2.24, 2.45) is 15.9 Å². The van der Waals surface area contributed by atoms with E-state index in [2.05, 4.69) is 125 Å². The van der Waals surface area contributed by atoms with Crippen LogP contribution in [0.4, 0.5) is 0 Å². The Hall–Kier alpha value is -7.38. The number of hydrogen-bond donors (Lipinski definition) is 1. The zero-order chi connectivity index (χ0) is 39.3. The van der Waals surface area contributed by atoms with Gasteiger partial charge in [0.1, 0.15) is 17.0 Å². The number of furan rings is 1. The molecule has 0 aliphatic heterocycles. The summed E-state index contributed by atoms with van der Waals surface area (Å²) in [6.07, 6.45) is 6.35. The monoisotopic (exact) mass is 764 g/mol. The van der Waals surface area contributed by atoms with Crippen molar-refractivity contribution in [1.82, 2.24) is 19.9 Å². The molecule has 59 heavy (non-hydrogen) atoms. The van der Waals surface area contributed by atoms with Crippen LogP contribution in [0.1, 0.15) is 46.0 Å². The second kappa shape index (κ2) is 14.5. The number of amidine groups is 1. The predicted molar refractivity (Wildman–Crippen MR) is 240 cm³/mol. The van der Waals surface area contributed by atoms with Gasteiger partial charge < -0.3 is 9.73 Å². The summed E-state index contributed by atoms with van der Waals surface area (Å²) in [5.41, 5.74) is 12.3. The molecule has 2 aliphatic rings. The molecular formula is C52H40N6O. The number of aromatic nitrogens is 3. The number of aliphatic imine (C=N–C) groups is 2. The van der Waals surface area contributed by atoms with Gasteiger partial charge in [0.25, 0.3) is 0 Å². The summed E-state index contributed by atoms with van der Waals surface area (Å²) in [6, 6.07) is 54.2. The van der Waals surface area contributed by atoms with Crippen LogP contribution in [0.2, 0.25) is 0 Å². The zero-order valence-corrected chi connectivity index (χ0v) is 32.6. The van der Waals surface area contributed by atoms with Crippen molar-refractivity contribution in [3.05, 3.63) is 197 Å². The number of nitrogens with one attached hydrogen (secondary N) is 1. The molecule has 0 bridgehead atoms. The van der Waals surface area contributed by atoms with E-state index in [1.165, 1.54) is 11.3 Å². The molecule has 7 nitrogen and oxygen atoms in total. The lowest BCUT2D eigenvalue weighted by Crippen LogP contribution is -2.37. The molecule has 0 spiro atoms. The lowest BCUT2D eigenvalue weighted by atomic mass is 9.97. The third kappa shape index (κ3) is 6.32. The highest BCUT2D eigenvalue weighted by atomic mass is 16.3. The van der Waals surface area contributed by atoms with E-state index in [1.807, 2.05) is 61.6 Å². The highest BCUT2D eigenvalue weighted by molar-refractivity contribution is 6.21. The average Bonchev–Trinajstić information content (AvgIpc) is 3.89. The van der Waals surface area contributed by atoms with Crippen LogP contribution in [0.25, 0.3) is 61.6 Å². The van der Waals surface area contributed by atoms with E-state index in [9.17, 15) is 0 Å². The number of allylic oxidation sites excluding steroid dienone is 1. The number of fused-ring (bicyclic) bond motifs is 9. The smallest absolute Gasteiger partial charge is 0.209 e. The second-order valence-electron chi connectivity index (χ2n) is 15.4. The van der Waals surface area contributed by atoms with Gasteiger partial charge in [-0.15, -0.1) is 0 Å². The number of hydrogen-bond acceptors (Lipinski definition) is 5. The molecular weight excluding hydrogens is 725 g/mol. The summed E-state index contributed by atoms with van der Waals surface area (Å²) < 4.78 is 9.27. The molecule has 9 aromatic rings. The van der Waals surface area contributed by atoms with Gasteiger partial charge >= 0.3 is 0 Å². The van der Waals surface area contributed by atoms with Crippen LogP contribution in [0.5, 0.6) is 0 Å². The maximum Gasteiger partial charge on any atom is 0.209 e. The van der Waals surface area contributed by atoms with Crippen molar-refractivity contribution >= 4 is 50.7 Å². The number of rotatable bonds is 7. The van der Waals surface area contributed by atoms with Crippen LogP contribution in [-0.4, -0.2) is 33.4 Å². The molecule has 2 aliphatic carbocycles. The van der Waals surface area contributed by atoms with E-state index in [0.717, 1.165) is 90.3 Å². The maximum atomic E-state index is 6.88. The van der Waals surface area contributed by atoms with Gasteiger partial charge in [-0.3, -0.25) is 9.56 Å². The average molecular weight is 765 g/mol. The first-order chi connectivity index (χ1) is 29.2. The van der Waals surface area contributed by atoms with E-state index in [1.54, 1.807) is 0 Å². The molecule has 1 N–H and O–H groups in total. The minimum absolute atomic E-state index is 0.352. The molecule has 3 aromatic heterocycles. The van der Waals surface area contributed by atoms with E-state index in [0.29, 0.717) is 30.6 Å². The van der Waals surface area contributed by atoms with E-state index in [4.69, 9.17) is 24.4 Å². The Morgan fingerprint density at radius 2 is 1.46 bits per heavy atom. The second-order valence-corrected chi connectivity index (χ2v) is 15.4.